The van der Waals surface area contributed by atoms with E-state index in [1.807, 2.05) is 24.3 Å². The van der Waals surface area contributed by atoms with Crippen LogP contribution in [0.4, 0.5) is 14.9 Å². The second-order valence-corrected chi connectivity index (χ2v) is 9.81. The Balaban J connectivity index is 1.72. The number of amides is 2. The van der Waals surface area contributed by atoms with E-state index in [4.69, 9.17) is 8.92 Å². The normalized spacial score (nSPS) is 11.3. The van der Waals surface area contributed by atoms with Crippen LogP contribution in [0.5, 0.6) is 5.75 Å². The van der Waals surface area contributed by atoms with Gasteiger partial charge in [0, 0.05) is 25.9 Å². The first-order chi connectivity index (χ1) is 16.7. The summed E-state index contributed by atoms with van der Waals surface area (Å²) in [6, 6.07) is 18.2. The number of carbonyl (C=O) groups excluding carboxylic acids is 1. The Morgan fingerprint density at radius 2 is 1.71 bits per heavy atom. The van der Waals surface area contributed by atoms with Gasteiger partial charge in [-0.3, -0.25) is 0 Å². The molecule has 3 aromatic carbocycles. The molecule has 9 heteroatoms. The van der Waals surface area contributed by atoms with E-state index in [2.05, 4.69) is 19.2 Å². The lowest BCUT2D eigenvalue weighted by atomic mass is 10.0. The number of urea groups is 1. The summed E-state index contributed by atoms with van der Waals surface area (Å²) in [4.78, 5) is 14.4. The van der Waals surface area contributed by atoms with Crippen molar-refractivity contribution in [1.29, 1.82) is 0 Å². The number of carbonyl (C=O) groups is 1. The first-order valence-corrected chi connectivity index (χ1v) is 12.5. The summed E-state index contributed by atoms with van der Waals surface area (Å²) in [5.41, 5.74) is 2.51. The highest BCUT2D eigenvalue weighted by Gasteiger charge is 2.18. The Hall–Kier alpha value is -3.43. The van der Waals surface area contributed by atoms with Crippen molar-refractivity contribution in [2.45, 2.75) is 31.2 Å². The molecule has 7 nitrogen and oxygen atoms in total. The lowest BCUT2D eigenvalue weighted by molar-refractivity contribution is 0.153. The molecule has 3 rings (SSSR count). The molecule has 0 spiro atoms. The molecule has 0 aliphatic carbocycles. The van der Waals surface area contributed by atoms with Crippen LogP contribution in [0, 0.1) is 5.82 Å². The second kappa shape index (κ2) is 11.8. The number of ether oxygens (including phenoxy) is 1. The van der Waals surface area contributed by atoms with Gasteiger partial charge in [-0.1, -0.05) is 38.1 Å². The second-order valence-electron chi connectivity index (χ2n) is 8.26. The quantitative estimate of drug-likeness (QED) is 0.377. The van der Waals surface area contributed by atoms with Gasteiger partial charge in [-0.15, -0.1) is 0 Å². The first kappa shape index (κ1) is 26.2. The maximum absolute atomic E-state index is 13.1. The largest absolute Gasteiger partial charge is 0.383 e. The molecule has 0 aliphatic rings. The van der Waals surface area contributed by atoms with Crippen molar-refractivity contribution >= 4 is 21.8 Å². The molecular formula is C26H29FN2O5S. The minimum Gasteiger partial charge on any atom is -0.383 e. The molecule has 1 N–H and O–H groups in total. The monoisotopic (exact) mass is 500 g/mol. The zero-order valence-corrected chi connectivity index (χ0v) is 20.7. The third-order valence-corrected chi connectivity index (χ3v) is 6.52. The summed E-state index contributed by atoms with van der Waals surface area (Å²) in [6.07, 6.45) is 0. The van der Waals surface area contributed by atoms with Crippen LogP contribution in [-0.2, 0) is 21.4 Å². The molecule has 3 aromatic rings. The van der Waals surface area contributed by atoms with Gasteiger partial charge in [0.05, 0.1) is 6.61 Å². The fraction of sp³-hybridized carbons (Fsp3) is 0.269. The predicted molar refractivity (Wildman–Crippen MR) is 132 cm³/mol. The van der Waals surface area contributed by atoms with E-state index < -0.39 is 15.9 Å². The zero-order valence-electron chi connectivity index (χ0n) is 19.9. The number of benzene rings is 3. The van der Waals surface area contributed by atoms with Gasteiger partial charge in [-0.2, -0.15) is 8.42 Å². The molecule has 186 valence electrons. The summed E-state index contributed by atoms with van der Waals surface area (Å²) in [7, 11) is -2.58. The van der Waals surface area contributed by atoms with Crippen LogP contribution in [0.1, 0.15) is 30.9 Å². The number of hydrogen-bond acceptors (Lipinski definition) is 5. The highest BCUT2D eigenvalue weighted by atomic mass is 32.2. The lowest BCUT2D eigenvalue weighted by Crippen LogP contribution is -2.36. The fourth-order valence-electron chi connectivity index (χ4n) is 3.30. The number of nitrogens with zero attached hydrogens (tertiary/aromatic N) is 1. The van der Waals surface area contributed by atoms with Crippen molar-refractivity contribution in [1.82, 2.24) is 4.90 Å². The van der Waals surface area contributed by atoms with E-state index in [0.29, 0.717) is 30.3 Å². The standard InChI is InChI=1S/C26H29FN2O5S/c1-19(2)21-7-11-23(12-8-21)28-26(30)29(15-16-33-3)18-20-5-4-6-24(17-20)34-35(31,32)25-13-9-22(27)10-14-25/h4-14,17,19H,15-16,18H2,1-3H3,(H,28,30). The van der Waals surface area contributed by atoms with Gasteiger partial charge in [-0.25, -0.2) is 9.18 Å². The maximum Gasteiger partial charge on any atom is 0.339 e. The van der Waals surface area contributed by atoms with Crippen LogP contribution in [-0.4, -0.2) is 39.6 Å². The van der Waals surface area contributed by atoms with Crippen molar-refractivity contribution in [2.24, 2.45) is 0 Å². The van der Waals surface area contributed by atoms with Crippen LogP contribution in [0.15, 0.2) is 77.7 Å². The van der Waals surface area contributed by atoms with Gasteiger partial charge in [0.25, 0.3) is 0 Å². The minimum atomic E-state index is -4.14. The SMILES string of the molecule is COCCN(Cc1cccc(OS(=O)(=O)c2ccc(F)cc2)c1)C(=O)Nc1ccc(C(C)C)cc1. The van der Waals surface area contributed by atoms with Crippen molar-refractivity contribution in [3.05, 3.63) is 89.7 Å². The predicted octanol–water partition coefficient (Wildman–Crippen LogP) is 5.40. The maximum atomic E-state index is 13.1. The summed E-state index contributed by atoms with van der Waals surface area (Å²) in [6.45, 7) is 5.05. The molecule has 0 unspecified atom stereocenters. The highest BCUT2D eigenvalue weighted by molar-refractivity contribution is 7.87. The van der Waals surface area contributed by atoms with Crippen LogP contribution < -0.4 is 9.50 Å². The number of nitrogens with one attached hydrogen (secondary N) is 1. The number of methoxy groups -OCH3 is 1. The smallest absolute Gasteiger partial charge is 0.339 e. The molecule has 0 aliphatic heterocycles. The van der Waals surface area contributed by atoms with Gasteiger partial charge < -0.3 is 19.1 Å². The number of rotatable bonds is 10. The summed E-state index contributed by atoms with van der Waals surface area (Å²) < 4.78 is 48.6. The number of anilines is 1. The highest BCUT2D eigenvalue weighted by Crippen LogP contribution is 2.22. The van der Waals surface area contributed by atoms with Crippen LogP contribution in [0.2, 0.25) is 0 Å². The Morgan fingerprint density at radius 1 is 1.03 bits per heavy atom. The number of hydrogen-bond donors (Lipinski definition) is 1. The van der Waals surface area contributed by atoms with Crippen LogP contribution in [0.3, 0.4) is 0 Å². The summed E-state index contributed by atoms with van der Waals surface area (Å²) >= 11 is 0. The van der Waals surface area contributed by atoms with Crippen LogP contribution in [0.25, 0.3) is 0 Å². The van der Waals surface area contributed by atoms with Gasteiger partial charge in [0.15, 0.2) is 0 Å². The summed E-state index contributed by atoms with van der Waals surface area (Å²) in [5, 5.41) is 2.89. The Morgan fingerprint density at radius 3 is 2.34 bits per heavy atom. The third kappa shape index (κ3) is 7.53. The number of halogens is 1. The molecule has 35 heavy (non-hydrogen) atoms. The van der Waals surface area contributed by atoms with E-state index >= 15 is 0 Å². The molecular weight excluding hydrogens is 471 g/mol. The third-order valence-electron chi connectivity index (χ3n) is 5.26. The molecule has 0 fully saturated rings. The minimum absolute atomic E-state index is 0.0863. The topological polar surface area (TPSA) is 84.9 Å². The average molecular weight is 501 g/mol. The molecule has 0 saturated carbocycles. The van der Waals surface area contributed by atoms with Gasteiger partial charge >= 0.3 is 16.1 Å². The molecule has 0 aromatic heterocycles. The van der Waals surface area contributed by atoms with Crippen molar-refractivity contribution in [2.75, 3.05) is 25.6 Å². The average Bonchev–Trinajstić information content (AvgIpc) is 2.82. The Labute approximate surface area is 205 Å². The molecule has 0 heterocycles. The molecule has 0 bridgehead atoms. The molecule has 0 saturated heterocycles. The van der Waals surface area contributed by atoms with Crippen molar-refractivity contribution < 1.29 is 26.5 Å². The van der Waals surface area contributed by atoms with E-state index in [9.17, 15) is 17.6 Å². The van der Waals surface area contributed by atoms with E-state index in [0.717, 1.165) is 24.3 Å². The van der Waals surface area contributed by atoms with Crippen LogP contribution >= 0.6 is 0 Å². The van der Waals surface area contributed by atoms with Crippen molar-refractivity contribution in [3.8, 4) is 5.75 Å². The van der Waals surface area contributed by atoms with Gasteiger partial charge in [0.2, 0.25) is 0 Å². The Kier molecular flexibility index (Phi) is 8.84. The van der Waals surface area contributed by atoms with E-state index in [1.54, 1.807) is 30.2 Å². The summed E-state index contributed by atoms with van der Waals surface area (Å²) in [5.74, 6) is -0.0706. The van der Waals surface area contributed by atoms with E-state index in [-0.39, 0.29) is 23.2 Å². The van der Waals surface area contributed by atoms with E-state index in [1.165, 1.54) is 11.6 Å². The van der Waals surface area contributed by atoms with Gasteiger partial charge in [0.1, 0.15) is 16.5 Å². The molecule has 2 amide bonds. The molecule has 0 atom stereocenters. The Bertz CT molecular complexity index is 1230. The van der Waals surface area contributed by atoms with Gasteiger partial charge in [-0.05, 0) is 65.6 Å². The fourth-order valence-corrected chi connectivity index (χ4v) is 4.22. The van der Waals surface area contributed by atoms with Crippen molar-refractivity contribution in [3.63, 3.8) is 0 Å². The lowest BCUT2D eigenvalue weighted by Gasteiger charge is -2.23. The first-order valence-electron chi connectivity index (χ1n) is 11.1. The zero-order chi connectivity index (χ0) is 25.4. The molecule has 0 radical (unpaired) electrons.